The van der Waals surface area contributed by atoms with E-state index >= 15 is 0 Å². The highest BCUT2D eigenvalue weighted by molar-refractivity contribution is 7.54. The Morgan fingerprint density at radius 3 is 2.16 bits per heavy atom. The SMILES string of the molecule is CNC(=O)[C@H](Cc1ccccc1)NC(=O)[C@H](CC(C)C)NC(CCN)P(=O)(OC)OC. The van der Waals surface area contributed by atoms with Gasteiger partial charge in [-0.15, -0.1) is 0 Å². The molecule has 31 heavy (non-hydrogen) atoms. The van der Waals surface area contributed by atoms with Gasteiger partial charge in [0.15, 0.2) is 0 Å². The Labute approximate surface area is 185 Å². The minimum Gasteiger partial charge on any atom is -0.357 e. The molecule has 0 heterocycles. The molecule has 9 nitrogen and oxygen atoms in total. The van der Waals surface area contributed by atoms with Crippen LogP contribution >= 0.6 is 7.60 Å². The van der Waals surface area contributed by atoms with Crippen LogP contribution < -0.4 is 21.7 Å². The van der Waals surface area contributed by atoms with Crippen LogP contribution in [-0.4, -0.2) is 57.5 Å². The molecule has 0 fully saturated rings. The van der Waals surface area contributed by atoms with Crippen molar-refractivity contribution < 1.29 is 23.2 Å². The highest BCUT2D eigenvalue weighted by Crippen LogP contribution is 2.51. The molecule has 0 spiro atoms. The second-order valence-electron chi connectivity index (χ2n) is 7.71. The van der Waals surface area contributed by atoms with Crippen LogP contribution in [0.3, 0.4) is 0 Å². The normalized spacial score (nSPS) is 14.7. The van der Waals surface area contributed by atoms with E-state index in [-0.39, 0.29) is 24.3 Å². The van der Waals surface area contributed by atoms with Gasteiger partial charge in [-0.25, -0.2) is 0 Å². The fourth-order valence-electron chi connectivity index (χ4n) is 3.28. The van der Waals surface area contributed by atoms with Gasteiger partial charge in [0.1, 0.15) is 11.8 Å². The predicted octanol–water partition coefficient (Wildman–Crippen LogP) is 1.63. The van der Waals surface area contributed by atoms with Crippen LogP contribution in [0.5, 0.6) is 0 Å². The molecule has 0 saturated heterocycles. The first kappa shape index (κ1) is 27.3. The van der Waals surface area contributed by atoms with E-state index in [9.17, 15) is 14.2 Å². The third-order valence-electron chi connectivity index (χ3n) is 4.91. The molecular formula is C21H37N4O5P. The third-order valence-corrected chi connectivity index (χ3v) is 7.10. The predicted molar refractivity (Wildman–Crippen MR) is 122 cm³/mol. The average molecular weight is 457 g/mol. The zero-order valence-corrected chi connectivity index (χ0v) is 20.0. The van der Waals surface area contributed by atoms with E-state index in [0.717, 1.165) is 5.56 Å². The summed E-state index contributed by atoms with van der Waals surface area (Å²) in [4.78, 5) is 25.6. The van der Waals surface area contributed by atoms with Crippen LogP contribution in [0.1, 0.15) is 32.3 Å². The Kier molecular flexibility index (Phi) is 12.0. The molecule has 0 aliphatic rings. The van der Waals surface area contributed by atoms with Crippen LogP contribution in [0.4, 0.5) is 0 Å². The maximum absolute atomic E-state index is 13.2. The van der Waals surface area contributed by atoms with Crippen LogP contribution in [-0.2, 0) is 29.6 Å². The molecular weight excluding hydrogens is 419 g/mol. The quantitative estimate of drug-likeness (QED) is 0.313. The summed E-state index contributed by atoms with van der Waals surface area (Å²) < 4.78 is 23.2. The number of amides is 2. The number of carbonyl (C=O) groups is 2. The number of nitrogens with one attached hydrogen (secondary N) is 3. The highest BCUT2D eigenvalue weighted by atomic mass is 31.2. The Balaban J connectivity index is 3.07. The van der Waals surface area contributed by atoms with Crippen molar-refractivity contribution >= 4 is 19.4 Å². The largest absolute Gasteiger partial charge is 0.357 e. The van der Waals surface area contributed by atoms with Crippen molar-refractivity contribution in [2.24, 2.45) is 11.7 Å². The van der Waals surface area contributed by atoms with E-state index in [1.165, 1.54) is 21.3 Å². The van der Waals surface area contributed by atoms with Gasteiger partial charge in [-0.3, -0.25) is 19.5 Å². The summed E-state index contributed by atoms with van der Waals surface area (Å²) in [6, 6.07) is 7.99. The lowest BCUT2D eigenvalue weighted by atomic mass is 10.0. The lowest BCUT2D eigenvalue weighted by Gasteiger charge is -2.30. The Morgan fingerprint density at radius 2 is 1.68 bits per heavy atom. The molecule has 1 unspecified atom stereocenters. The molecule has 3 atom stereocenters. The molecule has 2 amide bonds. The summed E-state index contributed by atoms with van der Waals surface area (Å²) in [6.07, 6.45) is 1.11. The first-order valence-electron chi connectivity index (χ1n) is 10.4. The molecule has 0 bridgehead atoms. The molecule has 0 aliphatic heterocycles. The Morgan fingerprint density at radius 1 is 1.06 bits per heavy atom. The summed E-state index contributed by atoms with van der Waals surface area (Å²) in [6.45, 7) is 4.19. The Bertz CT molecular complexity index is 724. The zero-order valence-electron chi connectivity index (χ0n) is 19.1. The van der Waals surface area contributed by atoms with E-state index in [2.05, 4.69) is 16.0 Å². The van der Waals surface area contributed by atoms with Gasteiger partial charge in [-0.1, -0.05) is 44.2 Å². The number of benzene rings is 1. The average Bonchev–Trinajstić information content (AvgIpc) is 2.76. The van der Waals surface area contributed by atoms with E-state index in [1.807, 2.05) is 44.2 Å². The van der Waals surface area contributed by atoms with Gasteiger partial charge in [-0.05, 0) is 30.9 Å². The van der Waals surface area contributed by atoms with Crippen molar-refractivity contribution in [2.75, 3.05) is 27.8 Å². The van der Waals surface area contributed by atoms with E-state index in [0.29, 0.717) is 19.3 Å². The van der Waals surface area contributed by atoms with Gasteiger partial charge < -0.3 is 25.4 Å². The van der Waals surface area contributed by atoms with Crippen LogP contribution in [0, 0.1) is 5.92 Å². The molecule has 1 aromatic carbocycles. The number of hydrogen-bond acceptors (Lipinski definition) is 7. The molecule has 176 valence electrons. The van der Waals surface area contributed by atoms with Gasteiger partial charge in [0.05, 0.1) is 6.04 Å². The minimum atomic E-state index is -3.51. The van der Waals surface area contributed by atoms with Gasteiger partial charge in [-0.2, -0.15) is 0 Å². The number of likely N-dealkylation sites (N-methyl/N-ethyl adjacent to an activating group) is 1. The first-order valence-corrected chi connectivity index (χ1v) is 12.0. The third kappa shape index (κ3) is 8.71. The fourth-order valence-corrected chi connectivity index (χ4v) is 4.77. The van der Waals surface area contributed by atoms with E-state index in [4.69, 9.17) is 14.8 Å². The summed E-state index contributed by atoms with van der Waals surface area (Å²) >= 11 is 0. The monoisotopic (exact) mass is 456 g/mol. The van der Waals surface area contributed by atoms with Crippen LogP contribution in [0.15, 0.2) is 30.3 Å². The molecule has 1 rings (SSSR count). The van der Waals surface area contributed by atoms with Gasteiger partial charge in [0.2, 0.25) is 11.8 Å². The lowest BCUT2D eigenvalue weighted by Crippen LogP contribution is -2.55. The summed E-state index contributed by atoms with van der Waals surface area (Å²) in [5.41, 5.74) is 6.61. The summed E-state index contributed by atoms with van der Waals surface area (Å²) in [5.74, 6) is -1.24. The van der Waals surface area contributed by atoms with Gasteiger partial charge in [0, 0.05) is 27.7 Å². The van der Waals surface area contributed by atoms with Gasteiger partial charge in [0.25, 0.3) is 0 Å². The molecule has 1 aromatic rings. The van der Waals surface area contributed by atoms with Crippen molar-refractivity contribution in [3.63, 3.8) is 0 Å². The zero-order chi connectivity index (χ0) is 23.4. The summed E-state index contributed by atoms with van der Waals surface area (Å²) in [5, 5.41) is 8.56. The number of rotatable bonds is 14. The van der Waals surface area contributed by atoms with Crippen molar-refractivity contribution in [1.82, 2.24) is 16.0 Å². The highest BCUT2D eigenvalue weighted by Gasteiger charge is 2.37. The second-order valence-corrected chi connectivity index (χ2v) is 10.1. The van der Waals surface area contributed by atoms with Crippen molar-refractivity contribution in [3.05, 3.63) is 35.9 Å². The molecule has 10 heteroatoms. The standard InChI is InChI=1S/C21H37N4O5P/c1-15(2)13-17(24-19(11-12-22)31(28,29-4)30-5)21(27)25-18(20(26)23-3)14-16-9-7-6-8-10-16/h6-10,15,17-19,24H,11-14,22H2,1-5H3,(H,23,26)(H,25,27)/t17-,18-,19?/m0/s1. The smallest absolute Gasteiger partial charge is 0.346 e. The number of hydrogen-bond donors (Lipinski definition) is 4. The number of carbonyl (C=O) groups excluding carboxylic acids is 2. The maximum Gasteiger partial charge on any atom is 0.346 e. The molecule has 0 radical (unpaired) electrons. The molecule has 5 N–H and O–H groups in total. The molecule has 0 aliphatic carbocycles. The summed E-state index contributed by atoms with van der Waals surface area (Å²) in [7, 11) is 0.620. The first-order chi connectivity index (χ1) is 14.7. The van der Waals surface area contributed by atoms with Crippen LogP contribution in [0.2, 0.25) is 0 Å². The Hall–Kier alpha value is -1.77. The van der Waals surface area contributed by atoms with E-state index in [1.54, 1.807) is 0 Å². The van der Waals surface area contributed by atoms with Crippen LogP contribution in [0.25, 0.3) is 0 Å². The topological polar surface area (TPSA) is 132 Å². The molecule has 0 saturated carbocycles. The van der Waals surface area contributed by atoms with Crippen molar-refractivity contribution in [1.29, 1.82) is 0 Å². The minimum absolute atomic E-state index is 0.166. The maximum atomic E-state index is 13.2. The number of nitrogens with two attached hydrogens (primary N) is 1. The van der Waals surface area contributed by atoms with Crippen molar-refractivity contribution in [2.45, 2.75) is 51.0 Å². The molecule has 0 aromatic heterocycles. The second kappa shape index (κ2) is 13.6. The van der Waals surface area contributed by atoms with Crippen molar-refractivity contribution in [3.8, 4) is 0 Å². The van der Waals surface area contributed by atoms with E-state index < -0.39 is 25.5 Å². The van der Waals surface area contributed by atoms with Gasteiger partial charge >= 0.3 is 7.60 Å². The fraction of sp³-hybridized carbons (Fsp3) is 0.619. The lowest BCUT2D eigenvalue weighted by molar-refractivity contribution is -0.130.